The van der Waals surface area contributed by atoms with Crippen molar-refractivity contribution in [2.45, 2.75) is 12.1 Å². The molecule has 0 spiro atoms. The van der Waals surface area contributed by atoms with Crippen molar-refractivity contribution in [2.24, 2.45) is 7.05 Å². The van der Waals surface area contributed by atoms with Crippen LogP contribution in [0.4, 0.5) is 5.69 Å². The molecule has 1 N–H and O–H groups in total. The number of amides is 1. The van der Waals surface area contributed by atoms with Crippen LogP contribution in [-0.2, 0) is 11.8 Å². The third-order valence-electron chi connectivity index (χ3n) is 4.29. The minimum Gasteiger partial charge on any atom is -0.327 e. The molecule has 2 aromatic heterocycles. The Morgan fingerprint density at radius 2 is 2.04 bits per heavy atom. The van der Waals surface area contributed by atoms with Crippen molar-refractivity contribution in [3.63, 3.8) is 0 Å². The number of hydrogen-bond acceptors (Lipinski definition) is 5. The normalized spacial score (nSPS) is 11.3. The molecule has 0 saturated heterocycles. The first kappa shape index (κ1) is 19.0. The van der Waals surface area contributed by atoms with Gasteiger partial charge in [0.1, 0.15) is 5.52 Å². The molecule has 2 aromatic carbocycles. The molecule has 6 nitrogen and oxygen atoms in total. The van der Waals surface area contributed by atoms with Crippen molar-refractivity contribution >= 4 is 68.6 Å². The van der Waals surface area contributed by atoms with Crippen molar-refractivity contribution in [3.05, 3.63) is 52.0 Å². The highest BCUT2D eigenvalue weighted by atomic mass is 35.5. The van der Waals surface area contributed by atoms with Gasteiger partial charge in [-0.25, -0.2) is 4.98 Å². The number of thioether (sulfide) groups is 1. The maximum atomic E-state index is 12.2. The highest BCUT2D eigenvalue weighted by Gasteiger charge is 2.14. The first-order chi connectivity index (χ1) is 13.4. The van der Waals surface area contributed by atoms with Crippen LogP contribution in [0.25, 0.3) is 22.1 Å². The summed E-state index contributed by atoms with van der Waals surface area (Å²) in [7, 11) is 1.94. The highest BCUT2D eigenvalue weighted by molar-refractivity contribution is 7.99. The Bertz CT molecular complexity index is 1220. The van der Waals surface area contributed by atoms with Crippen LogP contribution in [0.3, 0.4) is 0 Å². The number of hydrogen-bond donors (Lipinski definition) is 1. The molecule has 0 saturated carbocycles. The van der Waals surface area contributed by atoms with E-state index in [1.165, 1.54) is 11.8 Å². The van der Waals surface area contributed by atoms with E-state index in [-0.39, 0.29) is 11.7 Å². The zero-order valence-electron chi connectivity index (χ0n) is 15.0. The summed E-state index contributed by atoms with van der Waals surface area (Å²) in [5.41, 5.74) is 4.14. The van der Waals surface area contributed by atoms with Crippen LogP contribution < -0.4 is 5.32 Å². The van der Waals surface area contributed by atoms with Gasteiger partial charge in [0.2, 0.25) is 11.1 Å². The molecule has 0 aliphatic heterocycles. The summed E-state index contributed by atoms with van der Waals surface area (Å²) in [6.45, 7) is 2.04. The van der Waals surface area contributed by atoms with E-state index in [1.54, 1.807) is 18.2 Å². The van der Waals surface area contributed by atoms with Crippen LogP contribution in [0, 0.1) is 6.92 Å². The van der Waals surface area contributed by atoms with Crippen LogP contribution >= 0.6 is 35.0 Å². The standard InChI is InChI=1S/C19H15Cl2N5OS/c1-10-6-7-14-11(8-10)17-18(26(14)2)23-19(25-24-17)28-9-15(27)22-13-5-3-4-12(20)16(13)21/h3-8H,9H2,1-2H3,(H,22,27). The summed E-state index contributed by atoms with van der Waals surface area (Å²) < 4.78 is 1.98. The lowest BCUT2D eigenvalue weighted by Gasteiger charge is -2.07. The first-order valence-corrected chi connectivity index (χ1v) is 10.1. The van der Waals surface area contributed by atoms with Gasteiger partial charge in [0.15, 0.2) is 5.65 Å². The van der Waals surface area contributed by atoms with Crippen molar-refractivity contribution in [3.8, 4) is 0 Å². The molecule has 0 aliphatic carbocycles. The van der Waals surface area contributed by atoms with Gasteiger partial charge in [-0.05, 0) is 31.2 Å². The SMILES string of the molecule is Cc1ccc2c(c1)c1nnc(SCC(=O)Nc3cccc(Cl)c3Cl)nc1n2C. The maximum absolute atomic E-state index is 12.2. The van der Waals surface area contributed by atoms with E-state index in [1.807, 2.05) is 24.6 Å². The minimum atomic E-state index is -0.231. The molecule has 142 valence electrons. The molecule has 1 amide bonds. The Labute approximate surface area is 175 Å². The van der Waals surface area contributed by atoms with Gasteiger partial charge in [-0.2, -0.15) is 0 Å². The van der Waals surface area contributed by atoms with E-state index in [9.17, 15) is 4.79 Å². The number of halogens is 2. The largest absolute Gasteiger partial charge is 0.327 e. The van der Waals surface area contributed by atoms with E-state index >= 15 is 0 Å². The van der Waals surface area contributed by atoms with Gasteiger partial charge in [0.05, 0.1) is 27.0 Å². The topological polar surface area (TPSA) is 72.7 Å². The Morgan fingerprint density at radius 3 is 2.86 bits per heavy atom. The molecule has 0 bridgehead atoms. The number of aryl methyl sites for hydroxylation is 2. The maximum Gasteiger partial charge on any atom is 0.234 e. The van der Waals surface area contributed by atoms with E-state index in [0.717, 1.165) is 27.6 Å². The predicted molar refractivity (Wildman–Crippen MR) is 114 cm³/mol. The number of rotatable bonds is 4. The molecule has 28 heavy (non-hydrogen) atoms. The molecule has 0 atom stereocenters. The van der Waals surface area contributed by atoms with Gasteiger partial charge < -0.3 is 9.88 Å². The Kier molecular flexibility index (Phi) is 5.14. The van der Waals surface area contributed by atoms with E-state index in [0.29, 0.717) is 20.9 Å². The molecule has 9 heteroatoms. The zero-order valence-corrected chi connectivity index (χ0v) is 17.4. The predicted octanol–water partition coefficient (Wildman–Crippen LogP) is 4.86. The smallest absolute Gasteiger partial charge is 0.234 e. The zero-order chi connectivity index (χ0) is 19.8. The molecule has 4 rings (SSSR count). The van der Waals surface area contributed by atoms with Gasteiger partial charge in [-0.1, -0.05) is 52.7 Å². The number of benzene rings is 2. The lowest BCUT2D eigenvalue weighted by molar-refractivity contribution is -0.113. The van der Waals surface area contributed by atoms with Gasteiger partial charge in [-0.3, -0.25) is 4.79 Å². The Balaban J connectivity index is 1.53. The van der Waals surface area contributed by atoms with E-state index < -0.39 is 0 Å². The molecule has 0 radical (unpaired) electrons. The van der Waals surface area contributed by atoms with Crippen LogP contribution in [-0.4, -0.2) is 31.4 Å². The van der Waals surface area contributed by atoms with Crippen LogP contribution in [0.1, 0.15) is 5.56 Å². The lowest BCUT2D eigenvalue weighted by atomic mass is 10.2. The van der Waals surface area contributed by atoms with Crippen molar-refractivity contribution in [2.75, 3.05) is 11.1 Å². The van der Waals surface area contributed by atoms with Gasteiger partial charge in [-0.15, -0.1) is 10.2 Å². The number of aromatic nitrogens is 4. The summed E-state index contributed by atoms with van der Waals surface area (Å²) in [6, 6.07) is 11.2. The summed E-state index contributed by atoms with van der Waals surface area (Å²) in [4.78, 5) is 16.8. The monoisotopic (exact) mass is 431 g/mol. The van der Waals surface area contributed by atoms with Crippen molar-refractivity contribution < 1.29 is 4.79 Å². The average molecular weight is 432 g/mol. The summed E-state index contributed by atoms with van der Waals surface area (Å²) >= 11 is 13.3. The second-order valence-corrected chi connectivity index (χ2v) is 8.01. The first-order valence-electron chi connectivity index (χ1n) is 8.40. The van der Waals surface area contributed by atoms with Crippen molar-refractivity contribution in [1.29, 1.82) is 0 Å². The molecular weight excluding hydrogens is 417 g/mol. The fourth-order valence-electron chi connectivity index (χ4n) is 2.94. The van der Waals surface area contributed by atoms with Gasteiger partial charge >= 0.3 is 0 Å². The molecule has 2 heterocycles. The number of fused-ring (bicyclic) bond motifs is 3. The van der Waals surface area contributed by atoms with Crippen molar-refractivity contribution in [1.82, 2.24) is 19.7 Å². The third-order valence-corrected chi connectivity index (χ3v) is 5.95. The van der Waals surface area contributed by atoms with Crippen LogP contribution in [0.2, 0.25) is 10.0 Å². The molecule has 0 aliphatic rings. The Morgan fingerprint density at radius 1 is 1.21 bits per heavy atom. The molecular formula is C19H15Cl2N5OS. The summed E-state index contributed by atoms with van der Waals surface area (Å²) in [6.07, 6.45) is 0. The minimum absolute atomic E-state index is 0.124. The highest BCUT2D eigenvalue weighted by Crippen LogP contribution is 2.30. The van der Waals surface area contributed by atoms with Gasteiger partial charge in [0, 0.05) is 12.4 Å². The molecule has 0 unspecified atom stereocenters. The lowest BCUT2D eigenvalue weighted by Crippen LogP contribution is -2.14. The second-order valence-electron chi connectivity index (χ2n) is 6.28. The number of carbonyl (C=O) groups excluding carboxylic acids is 1. The average Bonchev–Trinajstić information content (AvgIpc) is 2.95. The molecule has 4 aromatic rings. The van der Waals surface area contributed by atoms with E-state index in [4.69, 9.17) is 23.2 Å². The quantitative estimate of drug-likeness (QED) is 0.466. The molecule has 0 fully saturated rings. The second kappa shape index (κ2) is 7.58. The van der Waals surface area contributed by atoms with E-state index in [2.05, 4.69) is 32.6 Å². The van der Waals surface area contributed by atoms with Gasteiger partial charge in [0.25, 0.3) is 0 Å². The fraction of sp³-hybridized carbons (Fsp3) is 0.158. The van der Waals surface area contributed by atoms with Crippen LogP contribution in [0.5, 0.6) is 0 Å². The Hall–Kier alpha value is -2.35. The summed E-state index contributed by atoms with van der Waals surface area (Å²) in [5, 5.41) is 13.4. The number of nitrogens with zero attached hydrogens (tertiary/aromatic N) is 4. The number of anilines is 1. The summed E-state index contributed by atoms with van der Waals surface area (Å²) in [5.74, 6) is -0.107. The number of carbonyl (C=O) groups is 1. The third kappa shape index (κ3) is 3.53. The van der Waals surface area contributed by atoms with Crippen LogP contribution in [0.15, 0.2) is 41.6 Å². The number of nitrogens with one attached hydrogen (secondary N) is 1. The fourth-order valence-corrected chi connectivity index (χ4v) is 3.87.